The minimum absolute atomic E-state index is 0.391. The molecule has 0 rings (SSSR count). The first-order chi connectivity index (χ1) is 15.3. The van der Waals surface area contributed by atoms with Gasteiger partial charge in [0.15, 0.2) is 0 Å². The number of thioether (sulfide) groups is 2. The molecular formula is C26H54O3S2. The fraction of sp³-hybridized carbons (Fsp3) is 1.00. The van der Waals surface area contributed by atoms with Crippen molar-refractivity contribution in [2.75, 3.05) is 56.0 Å². The highest BCUT2D eigenvalue weighted by Gasteiger charge is 2.09. The summed E-state index contributed by atoms with van der Waals surface area (Å²) in [5.74, 6) is 4.79. The van der Waals surface area contributed by atoms with Gasteiger partial charge in [0.25, 0.3) is 0 Å². The lowest BCUT2D eigenvalue weighted by atomic mass is 10.1. The van der Waals surface area contributed by atoms with Crippen molar-refractivity contribution < 1.29 is 14.2 Å². The highest BCUT2D eigenvalue weighted by molar-refractivity contribution is 7.99. The van der Waals surface area contributed by atoms with E-state index in [2.05, 4.69) is 32.5 Å². The third-order valence-electron chi connectivity index (χ3n) is 5.29. The van der Waals surface area contributed by atoms with Gasteiger partial charge in [-0.15, -0.1) is 0 Å². The number of hydrogen-bond donors (Lipinski definition) is 0. The lowest BCUT2D eigenvalue weighted by Gasteiger charge is -2.18. The van der Waals surface area contributed by atoms with Crippen molar-refractivity contribution in [1.29, 1.82) is 0 Å². The van der Waals surface area contributed by atoms with Crippen molar-refractivity contribution in [2.24, 2.45) is 0 Å². The number of unbranched alkanes of at least 4 members (excludes halogenated alkanes) is 9. The molecule has 0 radical (unpaired) electrons. The monoisotopic (exact) mass is 478 g/mol. The summed E-state index contributed by atoms with van der Waals surface area (Å²) in [7, 11) is 0. The SMILES string of the molecule is CCCCCCSCCOCCOCCO[C@@H](CCCCCC)CSCCCCCC. The fourth-order valence-electron chi connectivity index (χ4n) is 3.31. The zero-order valence-corrected chi connectivity index (χ0v) is 22.8. The van der Waals surface area contributed by atoms with Crippen LogP contribution in [-0.4, -0.2) is 62.1 Å². The molecule has 0 aromatic heterocycles. The molecule has 0 N–H and O–H groups in total. The summed E-state index contributed by atoms with van der Waals surface area (Å²) in [6.07, 6.45) is 17.7. The smallest absolute Gasteiger partial charge is 0.0704 e. The van der Waals surface area contributed by atoms with Gasteiger partial charge in [-0.3, -0.25) is 0 Å². The Morgan fingerprint density at radius 3 is 1.71 bits per heavy atom. The van der Waals surface area contributed by atoms with Crippen molar-refractivity contribution >= 4 is 23.5 Å². The number of ether oxygens (including phenoxy) is 3. The van der Waals surface area contributed by atoms with Crippen LogP contribution >= 0.6 is 23.5 Å². The average molecular weight is 479 g/mol. The van der Waals surface area contributed by atoms with E-state index < -0.39 is 0 Å². The Morgan fingerprint density at radius 1 is 0.516 bits per heavy atom. The predicted molar refractivity (Wildman–Crippen MR) is 143 cm³/mol. The molecule has 0 bridgehead atoms. The van der Waals surface area contributed by atoms with Crippen molar-refractivity contribution in [3.05, 3.63) is 0 Å². The van der Waals surface area contributed by atoms with Gasteiger partial charge in [0.1, 0.15) is 0 Å². The maximum atomic E-state index is 6.16. The minimum atomic E-state index is 0.391. The van der Waals surface area contributed by atoms with Crippen LogP contribution in [0.3, 0.4) is 0 Å². The van der Waals surface area contributed by atoms with E-state index in [0.717, 1.165) is 18.1 Å². The molecule has 0 aromatic rings. The minimum Gasteiger partial charge on any atom is -0.378 e. The molecule has 0 aliphatic heterocycles. The number of hydrogen-bond acceptors (Lipinski definition) is 5. The molecule has 0 spiro atoms. The summed E-state index contributed by atoms with van der Waals surface area (Å²) in [6.45, 7) is 10.4. The van der Waals surface area contributed by atoms with E-state index in [9.17, 15) is 0 Å². The second-order valence-corrected chi connectivity index (χ2v) is 10.8. The van der Waals surface area contributed by atoms with Gasteiger partial charge in [-0.25, -0.2) is 0 Å². The standard InChI is InChI=1S/C26H54O3S2/c1-4-7-10-13-16-26(25-31-23-15-12-9-6-3)29-20-19-27-17-18-28-21-24-30-22-14-11-8-5-2/h26H,4-25H2,1-3H3/t26-/m0/s1. The Morgan fingerprint density at radius 2 is 1.06 bits per heavy atom. The van der Waals surface area contributed by atoms with Crippen LogP contribution in [-0.2, 0) is 14.2 Å². The third kappa shape index (κ3) is 26.7. The van der Waals surface area contributed by atoms with Crippen LogP contribution < -0.4 is 0 Å². The van der Waals surface area contributed by atoms with E-state index in [1.165, 1.54) is 95.0 Å². The summed E-state index contributed by atoms with van der Waals surface area (Å²) >= 11 is 4.09. The molecule has 0 aliphatic carbocycles. The van der Waals surface area contributed by atoms with E-state index in [1.54, 1.807) is 0 Å². The molecule has 0 amide bonds. The molecule has 1 atom stereocenters. The van der Waals surface area contributed by atoms with E-state index >= 15 is 0 Å². The Kier molecular flexibility index (Phi) is 29.1. The van der Waals surface area contributed by atoms with Crippen molar-refractivity contribution in [3.63, 3.8) is 0 Å². The second-order valence-electron chi connectivity index (χ2n) is 8.38. The molecule has 0 aliphatic rings. The normalized spacial score (nSPS) is 12.5. The van der Waals surface area contributed by atoms with E-state index in [0.29, 0.717) is 32.5 Å². The van der Waals surface area contributed by atoms with Gasteiger partial charge in [-0.05, 0) is 30.8 Å². The van der Waals surface area contributed by atoms with Crippen LogP contribution in [0.15, 0.2) is 0 Å². The van der Waals surface area contributed by atoms with Crippen molar-refractivity contribution in [1.82, 2.24) is 0 Å². The van der Waals surface area contributed by atoms with Crippen LogP contribution in [0.5, 0.6) is 0 Å². The lowest BCUT2D eigenvalue weighted by Crippen LogP contribution is -2.20. The molecule has 0 heterocycles. The average Bonchev–Trinajstić information content (AvgIpc) is 2.78. The van der Waals surface area contributed by atoms with Gasteiger partial charge in [-0.2, -0.15) is 23.5 Å². The molecule has 0 saturated carbocycles. The van der Waals surface area contributed by atoms with Crippen LogP contribution in [0.25, 0.3) is 0 Å². The van der Waals surface area contributed by atoms with Crippen LogP contribution in [0.4, 0.5) is 0 Å². The zero-order valence-electron chi connectivity index (χ0n) is 21.2. The van der Waals surface area contributed by atoms with E-state index in [-0.39, 0.29) is 0 Å². The molecular weight excluding hydrogens is 424 g/mol. The van der Waals surface area contributed by atoms with Gasteiger partial charge in [0.2, 0.25) is 0 Å². The number of rotatable bonds is 27. The largest absolute Gasteiger partial charge is 0.378 e. The third-order valence-corrected chi connectivity index (χ3v) is 7.51. The summed E-state index contributed by atoms with van der Waals surface area (Å²) in [6, 6.07) is 0. The summed E-state index contributed by atoms with van der Waals surface area (Å²) in [4.78, 5) is 0. The van der Waals surface area contributed by atoms with Gasteiger partial charge in [-0.1, -0.05) is 85.0 Å². The van der Waals surface area contributed by atoms with Gasteiger partial charge < -0.3 is 14.2 Å². The Labute approximate surface area is 203 Å². The summed E-state index contributed by atoms with van der Waals surface area (Å²) < 4.78 is 17.5. The maximum Gasteiger partial charge on any atom is 0.0704 e. The fourth-order valence-corrected chi connectivity index (χ4v) is 5.25. The molecule has 0 unspecified atom stereocenters. The van der Waals surface area contributed by atoms with Gasteiger partial charge in [0, 0.05) is 11.5 Å². The van der Waals surface area contributed by atoms with E-state index in [1.807, 2.05) is 11.8 Å². The Balaban J connectivity index is 3.57. The molecule has 3 nitrogen and oxygen atoms in total. The lowest BCUT2D eigenvalue weighted by molar-refractivity contribution is -0.00581. The highest BCUT2D eigenvalue weighted by Crippen LogP contribution is 2.16. The Hall–Kier alpha value is 0.580. The first-order valence-electron chi connectivity index (χ1n) is 13.3. The molecule has 5 heteroatoms. The van der Waals surface area contributed by atoms with Gasteiger partial charge in [0.05, 0.1) is 39.1 Å². The van der Waals surface area contributed by atoms with E-state index in [4.69, 9.17) is 14.2 Å². The molecule has 0 saturated heterocycles. The zero-order chi connectivity index (χ0) is 22.7. The topological polar surface area (TPSA) is 27.7 Å². The first kappa shape index (κ1) is 31.6. The van der Waals surface area contributed by atoms with Crippen molar-refractivity contribution in [3.8, 4) is 0 Å². The Bertz CT molecular complexity index is 319. The molecule has 0 fully saturated rings. The first-order valence-corrected chi connectivity index (χ1v) is 15.6. The maximum absolute atomic E-state index is 6.16. The quantitative estimate of drug-likeness (QED) is 0.111. The second kappa shape index (κ2) is 28.6. The molecule has 0 aromatic carbocycles. The summed E-state index contributed by atoms with van der Waals surface area (Å²) in [5.41, 5.74) is 0. The van der Waals surface area contributed by atoms with Gasteiger partial charge >= 0.3 is 0 Å². The van der Waals surface area contributed by atoms with Crippen LogP contribution in [0.2, 0.25) is 0 Å². The predicted octanol–water partition coefficient (Wildman–Crippen LogP) is 8.00. The summed E-state index contributed by atoms with van der Waals surface area (Å²) in [5, 5.41) is 0. The van der Waals surface area contributed by atoms with Crippen LogP contribution in [0, 0.1) is 0 Å². The molecule has 188 valence electrons. The molecule has 31 heavy (non-hydrogen) atoms. The van der Waals surface area contributed by atoms with Crippen molar-refractivity contribution in [2.45, 2.75) is 110 Å². The highest BCUT2D eigenvalue weighted by atomic mass is 32.2. The van der Waals surface area contributed by atoms with Crippen LogP contribution in [0.1, 0.15) is 104 Å².